The zero-order chi connectivity index (χ0) is 14.6. The molecule has 0 aliphatic rings. The van der Waals surface area contributed by atoms with Crippen LogP contribution in [0.15, 0.2) is 48.5 Å². The van der Waals surface area contributed by atoms with Crippen LogP contribution in [0.3, 0.4) is 0 Å². The minimum Gasteiger partial charge on any atom is -0.497 e. The lowest BCUT2D eigenvalue weighted by molar-refractivity contribution is -0.137. The summed E-state index contributed by atoms with van der Waals surface area (Å²) in [5.41, 5.74) is 0.0868. The molecule has 0 spiro atoms. The zero-order valence-electron chi connectivity index (χ0n) is 10.8. The Labute approximate surface area is 114 Å². The summed E-state index contributed by atoms with van der Waals surface area (Å²) < 4.78 is 48.5. The van der Waals surface area contributed by atoms with Crippen LogP contribution in [0.5, 0.6) is 11.5 Å². The first-order chi connectivity index (χ1) is 9.49. The topological polar surface area (TPSA) is 18.5 Å². The minimum absolute atomic E-state index is 0.114. The van der Waals surface area contributed by atoms with E-state index in [4.69, 9.17) is 9.47 Å². The number of alkyl halides is 3. The van der Waals surface area contributed by atoms with Crippen LogP contribution in [-0.4, -0.2) is 7.11 Å². The molecule has 2 aromatic carbocycles. The van der Waals surface area contributed by atoms with Gasteiger partial charge in [-0.3, -0.25) is 0 Å². The van der Waals surface area contributed by atoms with Gasteiger partial charge < -0.3 is 9.47 Å². The molecule has 0 radical (unpaired) electrons. The maximum Gasteiger partial charge on any atom is 0.416 e. The fraction of sp³-hybridized carbons (Fsp3) is 0.200. The molecular weight excluding hydrogens is 269 g/mol. The molecule has 106 valence electrons. The van der Waals surface area contributed by atoms with Gasteiger partial charge in [-0.15, -0.1) is 0 Å². The van der Waals surface area contributed by atoms with Gasteiger partial charge in [-0.1, -0.05) is 30.3 Å². The lowest BCUT2D eigenvalue weighted by Gasteiger charge is -2.12. The number of benzene rings is 2. The molecule has 0 saturated carbocycles. The standard InChI is InChI=1S/C15H13F3O2/c1-19-13-7-12(15(16,17)18)8-14(9-13)20-10-11-5-3-2-4-6-11/h2-9H,10H2,1H3. The van der Waals surface area contributed by atoms with Crippen LogP contribution in [0, 0.1) is 0 Å². The molecule has 0 unspecified atom stereocenters. The molecule has 20 heavy (non-hydrogen) atoms. The molecule has 0 N–H and O–H groups in total. The molecule has 2 aromatic rings. The van der Waals surface area contributed by atoms with E-state index in [9.17, 15) is 13.2 Å². The Bertz CT molecular complexity index is 565. The van der Waals surface area contributed by atoms with E-state index in [2.05, 4.69) is 0 Å². The highest BCUT2D eigenvalue weighted by molar-refractivity contribution is 5.39. The molecule has 5 heteroatoms. The van der Waals surface area contributed by atoms with Gasteiger partial charge in [-0.25, -0.2) is 0 Å². The maximum atomic E-state index is 12.7. The number of halogens is 3. The Morgan fingerprint density at radius 2 is 1.60 bits per heavy atom. The van der Waals surface area contributed by atoms with Crippen molar-refractivity contribution in [1.29, 1.82) is 0 Å². The van der Waals surface area contributed by atoms with E-state index in [1.54, 1.807) is 0 Å². The Balaban J connectivity index is 2.19. The van der Waals surface area contributed by atoms with Crippen molar-refractivity contribution >= 4 is 0 Å². The van der Waals surface area contributed by atoms with Gasteiger partial charge in [0.25, 0.3) is 0 Å². The molecule has 0 fully saturated rings. The molecule has 0 amide bonds. The normalized spacial score (nSPS) is 11.2. The lowest BCUT2D eigenvalue weighted by atomic mass is 10.2. The van der Waals surface area contributed by atoms with Crippen molar-refractivity contribution in [3.05, 3.63) is 59.7 Å². The number of hydrogen-bond donors (Lipinski definition) is 0. The molecule has 0 aliphatic heterocycles. The van der Waals surface area contributed by atoms with Crippen LogP contribution in [0.1, 0.15) is 11.1 Å². The smallest absolute Gasteiger partial charge is 0.416 e. The third kappa shape index (κ3) is 3.66. The maximum absolute atomic E-state index is 12.7. The number of ether oxygens (including phenoxy) is 2. The Hall–Kier alpha value is -2.17. The van der Waals surface area contributed by atoms with E-state index in [0.29, 0.717) is 0 Å². The van der Waals surface area contributed by atoms with Crippen LogP contribution in [0.25, 0.3) is 0 Å². The summed E-state index contributed by atoms with van der Waals surface area (Å²) >= 11 is 0. The molecule has 0 heterocycles. The first kappa shape index (κ1) is 14.2. The van der Waals surface area contributed by atoms with Crippen LogP contribution in [0.4, 0.5) is 13.2 Å². The summed E-state index contributed by atoms with van der Waals surface area (Å²) in [5.74, 6) is 0.239. The average Bonchev–Trinajstić information content (AvgIpc) is 2.45. The van der Waals surface area contributed by atoms with Crippen molar-refractivity contribution in [2.45, 2.75) is 12.8 Å². The van der Waals surface area contributed by atoms with Gasteiger partial charge in [-0.05, 0) is 17.7 Å². The molecule has 0 saturated heterocycles. The highest BCUT2D eigenvalue weighted by Crippen LogP contribution is 2.35. The monoisotopic (exact) mass is 282 g/mol. The molecule has 0 aliphatic carbocycles. The minimum atomic E-state index is -4.43. The highest BCUT2D eigenvalue weighted by atomic mass is 19.4. The van der Waals surface area contributed by atoms with Gasteiger partial charge in [0.15, 0.2) is 0 Å². The van der Waals surface area contributed by atoms with Crippen molar-refractivity contribution in [1.82, 2.24) is 0 Å². The zero-order valence-corrected chi connectivity index (χ0v) is 10.8. The fourth-order valence-electron chi connectivity index (χ4n) is 1.68. The second-order valence-corrected chi connectivity index (χ2v) is 4.17. The van der Waals surface area contributed by atoms with Crippen LogP contribution in [0.2, 0.25) is 0 Å². The summed E-state index contributed by atoms with van der Waals surface area (Å²) in [4.78, 5) is 0. The third-order valence-electron chi connectivity index (χ3n) is 2.69. The summed E-state index contributed by atoms with van der Waals surface area (Å²) in [6.45, 7) is 0.200. The van der Waals surface area contributed by atoms with E-state index in [-0.39, 0.29) is 18.1 Å². The van der Waals surface area contributed by atoms with Gasteiger partial charge >= 0.3 is 6.18 Å². The molecule has 2 nitrogen and oxygen atoms in total. The van der Waals surface area contributed by atoms with Crippen molar-refractivity contribution in [2.24, 2.45) is 0 Å². The summed E-state index contributed by atoms with van der Waals surface area (Å²) in [6.07, 6.45) is -4.43. The van der Waals surface area contributed by atoms with Crippen molar-refractivity contribution in [3.63, 3.8) is 0 Å². The van der Waals surface area contributed by atoms with Crippen LogP contribution >= 0.6 is 0 Å². The van der Waals surface area contributed by atoms with E-state index < -0.39 is 11.7 Å². The second-order valence-electron chi connectivity index (χ2n) is 4.17. The molecule has 0 atom stereocenters. The van der Waals surface area contributed by atoms with Gasteiger partial charge in [0.05, 0.1) is 12.7 Å². The summed E-state index contributed by atoms with van der Waals surface area (Å²) in [5, 5.41) is 0. The third-order valence-corrected chi connectivity index (χ3v) is 2.69. The van der Waals surface area contributed by atoms with Crippen LogP contribution in [-0.2, 0) is 12.8 Å². The summed E-state index contributed by atoms with van der Waals surface area (Å²) in [7, 11) is 1.32. The Morgan fingerprint density at radius 3 is 2.20 bits per heavy atom. The lowest BCUT2D eigenvalue weighted by Crippen LogP contribution is -2.06. The average molecular weight is 282 g/mol. The van der Waals surface area contributed by atoms with Gasteiger partial charge in [0, 0.05) is 6.07 Å². The van der Waals surface area contributed by atoms with Crippen LogP contribution < -0.4 is 9.47 Å². The summed E-state index contributed by atoms with van der Waals surface area (Å²) in [6, 6.07) is 12.5. The Morgan fingerprint density at radius 1 is 0.950 bits per heavy atom. The second kappa shape index (κ2) is 5.86. The Kier molecular flexibility index (Phi) is 4.17. The van der Waals surface area contributed by atoms with Crippen molar-refractivity contribution < 1.29 is 22.6 Å². The van der Waals surface area contributed by atoms with Crippen molar-refractivity contribution in [2.75, 3.05) is 7.11 Å². The van der Waals surface area contributed by atoms with E-state index in [0.717, 1.165) is 17.7 Å². The van der Waals surface area contributed by atoms with Gasteiger partial charge in [0.1, 0.15) is 18.1 Å². The fourth-order valence-corrected chi connectivity index (χ4v) is 1.68. The van der Waals surface area contributed by atoms with E-state index >= 15 is 0 Å². The first-order valence-corrected chi connectivity index (χ1v) is 5.92. The quantitative estimate of drug-likeness (QED) is 0.832. The van der Waals surface area contributed by atoms with E-state index in [1.165, 1.54) is 13.2 Å². The molecule has 0 bridgehead atoms. The molecular formula is C15H13F3O2. The van der Waals surface area contributed by atoms with E-state index in [1.807, 2.05) is 30.3 Å². The highest BCUT2D eigenvalue weighted by Gasteiger charge is 2.31. The van der Waals surface area contributed by atoms with Gasteiger partial charge in [0.2, 0.25) is 0 Å². The SMILES string of the molecule is COc1cc(OCc2ccccc2)cc(C(F)(F)F)c1. The predicted molar refractivity (Wildman–Crippen MR) is 68.8 cm³/mol. The van der Waals surface area contributed by atoms with Gasteiger partial charge in [-0.2, -0.15) is 13.2 Å². The number of methoxy groups -OCH3 is 1. The largest absolute Gasteiger partial charge is 0.497 e. The predicted octanol–water partition coefficient (Wildman–Crippen LogP) is 4.29. The number of rotatable bonds is 4. The first-order valence-electron chi connectivity index (χ1n) is 5.92. The molecule has 0 aromatic heterocycles. The number of hydrogen-bond acceptors (Lipinski definition) is 2. The van der Waals surface area contributed by atoms with Crippen molar-refractivity contribution in [3.8, 4) is 11.5 Å². The molecule has 2 rings (SSSR count).